The number of nitrogens with zero attached hydrogens (tertiary/aromatic N) is 1. The first-order valence-corrected chi connectivity index (χ1v) is 8.59. The van der Waals surface area contributed by atoms with Gasteiger partial charge in [-0.3, -0.25) is 4.98 Å². The molecular weight excluding hydrogens is 381 g/mol. The summed E-state index contributed by atoms with van der Waals surface area (Å²) >= 11 is 18.2. The van der Waals surface area contributed by atoms with Crippen LogP contribution in [-0.2, 0) is 5.60 Å². The zero-order valence-electron chi connectivity index (χ0n) is 13.0. The van der Waals surface area contributed by atoms with E-state index in [0.29, 0.717) is 31.9 Å². The molecule has 0 radical (unpaired) electrons. The quantitative estimate of drug-likeness (QED) is 0.633. The van der Waals surface area contributed by atoms with Crippen LogP contribution >= 0.6 is 34.8 Å². The van der Waals surface area contributed by atoms with Crippen LogP contribution in [0.4, 0.5) is 0 Å². The molecule has 0 amide bonds. The molecule has 0 aliphatic rings. The number of hydrogen-bond donors (Lipinski definition) is 1. The summed E-state index contributed by atoms with van der Waals surface area (Å²) in [4.78, 5) is 4.09. The van der Waals surface area contributed by atoms with Crippen molar-refractivity contribution in [2.45, 2.75) is 5.60 Å². The third kappa shape index (κ3) is 4.07. The lowest BCUT2D eigenvalue weighted by Gasteiger charge is -2.30. The van der Waals surface area contributed by atoms with Gasteiger partial charge in [-0.25, -0.2) is 0 Å². The van der Waals surface area contributed by atoms with Gasteiger partial charge in [-0.05, 0) is 42.5 Å². The molecule has 3 rings (SSSR count). The Morgan fingerprint density at radius 2 is 1.68 bits per heavy atom. The molecule has 1 aromatic heterocycles. The first-order valence-electron chi connectivity index (χ1n) is 7.46. The van der Waals surface area contributed by atoms with E-state index in [4.69, 9.17) is 39.5 Å². The van der Waals surface area contributed by atoms with E-state index < -0.39 is 5.60 Å². The smallest absolute Gasteiger partial charge is 0.151 e. The third-order valence-electron chi connectivity index (χ3n) is 3.78. The maximum absolute atomic E-state index is 11.4. The van der Waals surface area contributed by atoms with E-state index in [-0.39, 0.29) is 6.61 Å². The molecule has 1 atom stereocenters. The average Bonchev–Trinajstić information content (AvgIpc) is 2.62. The normalized spacial score (nSPS) is 13.3. The second-order valence-corrected chi connectivity index (χ2v) is 6.75. The molecule has 0 bridgehead atoms. The van der Waals surface area contributed by atoms with Crippen molar-refractivity contribution in [2.24, 2.45) is 0 Å². The molecule has 0 fully saturated rings. The summed E-state index contributed by atoms with van der Waals surface area (Å²) < 4.78 is 5.79. The van der Waals surface area contributed by atoms with Crippen LogP contribution in [0.5, 0.6) is 5.75 Å². The first kappa shape index (κ1) is 18.0. The number of benzene rings is 2. The number of hydrogen-bond acceptors (Lipinski definition) is 3. The maximum Gasteiger partial charge on any atom is 0.151 e. The van der Waals surface area contributed by atoms with Gasteiger partial charge >= 0.3 is 0 Å². The number of rotatable bonds is 5. The van der Waals surface area contributed by atoms with Gasteiger partial charge in [0.15, 0.2) is 5.60 Å². The molecule has 1 heterocycles. The van der Waals surface area contributed by atoms with Crippen LogP contribution in [-0.4, -0.2) is 16.7 Å². The highest BCUT2D eigenvalue weighted by atomic mass is 35.5. The monoisotopic (exact) mass is 393 g/mol. The summed E-state index contributed by atoms with van der Waals surface area (Å²) in [6.45, 7) is -0.0539. The minimum Gasteiger partial charge on any atom is -0.490 e. The molecule has 1 N–H and O–H groups in total. The Kier molecular flexibility index (Phi) is 5.50. The Hall–Kier alpha value is -1.78. The topological polar surface area (TPSA) is 42.4 Å². The Morgan fingerprint density at radius 1 is 0.960 bits per heavy atom. The SMILES string of the molecule is OC(COc1ccc(Cl)cc1)(c1cccnc1)c1ccc(Cl)cc1Cl. The second kappa shape index (κ2) is 7.63. The Labute approximate surface area is 160 Å². The van der Waals surface area contributed by atoms with Gasteiger partial charge < -0.3 is 9.84 Å². The van der Waals surface area contributed by atoms with Gasteiger partial charge in [-0.1, -0.05) is 46.9 Å². The Balaban J connectivity index is 1.98. The number of aromatic nitrogens is 1. The lowest BCUT2D eigenvalue weighted by Crippen LogP contribution is -2.35. The number of aliphatic hydroxyl groups is 1. The Morgan fingerprint density at radius 3 is 2.32 bits per heavy atom. The minimum atomic E-state index is -1.49. The molecule has 6 heteroatoms. The van der Waals surface area contributed by atoms with Crippen LogP contribution in [0.1, 0.15) is 11.1 Å². The largest absolute Gasteiger partial charge is 0.490 e. The molecule has 3 aromatic rings. The van der Waals surface area contributed by atoms with Crippen molar-refractivity contribution in [2.75, 3.05) is 6.61 Å². The fraction of sp³-hybridized carbons (Fsp3) is 0.105. The fourth-order valence-electron chi connectivity index (χ4n) is 2.47. The van der Waals surface area contributed by atoms with E-state index in [1.807, 2.05) is 0 Å². The van der Waals surface area contributed by atoms with Crippen molar-refractivity contribution in [3.8, 4) is 5.75 Å². The summed E-state index contributed by atoms with van der Waals surface area (Å²) in [6.07, 6.45) is 3.21. The van der Waals surface area contributed by atoms with Crippen molar-refractivity contribution in [1.29, 1.82) is 0 Å². The molecule has 0 spiro atoms. The van der Waals surface area contributed by atoms with E-state index >= 15 is 0 Å². The summed E-state index contributed by atoms with van der Waals surface area (Å²) in [6, 6.07) is 15.3. The first-order chi connectivity index (χ1) is 12.0. The van der Waals surface area contributed by atoms with E-state index in [9.17, 15) is 5.11 Å². The second-order valence-electron chi connectivity index (χ2n) is 5.47. The Bertz CT molecular complexity index is 856. The molecule has 0 saturated carbocycles. The molecule has 0 saturated heterocycles. The molecule has 0 aliphatic heterocycles. The summed E-state index contributed by atoms with van der Waals surface area (Å²) in [5.74, 6) is 0.580. The lowest BCUT2D eigenvalue weighted by atomic mass is 9.88. The van der Waals surface area contributed by atoms with Gasteiger partial charge in [0, 0.05) is 38.6 Å². The third-order valence-corrected chi connectivity index (χ3v) is 4.58. The molecule has 3 nitrogen and oxygen atoms in total. The highest BCUT2D eigenvalue weighted by molar-refractivity contribution is 6.35. The fourth-order valence-corrected chi connectivity index (χ4v) is 3.16. The molecule has 25 heavy (non-hydrogen) atoms. The zero-order chi connectivity index (χ0) is 17.9. The summed E-state index contributed by atoms with van der Waals surface area (Å²) in [7, 11) is 0. The van der Waals surface area contributed by atoms with Gasteiger partial charge in [0.1, 0.15) is 12.4 Å². The standard InChI is InChI=1S/C19H14Cl3NO2/c20-14-3-6-16(7-4-14)25-12-19(24,13-2-1-9-23-11-13)17-8-5-15(21)10-18(17)22/h1-11,24H,12H2. The van der Waals surface area contributed by atoms with E-state index in [0.717, 1.165) is 0 Å². The van der Waals surface area contributed by atoms with Crippen LogP contribution < -0.4 is 4.74 Å². The van der Waals surface area contributed by atoms with Crippen LogP contribution in [0.2, 0.25) is 15.1 Å². The maximum atomic E-state index is 11.4. The lowest BCUT2D eigenvalue weighted by molar-refractivity contribution is 0.0274. The molecular formula is C19H14Cl3NO2. The molecule has 2 aromatic carbocycles. The van der Waals surface area contributed by atoms with Gasteiger partial charge in [0.05, 0.1) is 0 Å². The van der Waals surface area contributed by atoms with Crippen molar-refractivity contribution >= 4 is 34.8 Å². The van der Waals surface area contributed by atoms with Crippen LogP contribution in [0.15, 0.2) is 67.0 Å². The average molecular weight is 395 g/mol. The number of halogens is 3. The molecule has 0 aliphatic carbocycles. The van der Waals surface area contributed by atoms with Crippen molar-refractivity contribution in [1.82, 2.24) is 4.98 Å². The van der Waals surface area contributed by atoms with Gasteiger partial charge in [0.2, 0.25) is 0 Å². The molecule has 128 valence electrons. The highest BCUT2D eigenvalue weighted by Crippen LogP contribution is 2.36. The van der Waals surface area contributed by atoms with Crippen LogP contribution in [0.25, 0.3) is 0 Å². The van der Waals surface area contributed by atoms with E-state index in [1.165, 1.54) is 0 Å². The predicted molar refractivity (Wildman–Crippen MR) is 101 cm³/mol. The van der Waals surface area contributed by atoms with Crippen LogP contribution in [0, 0.1) is 0 Å². The molecule has 1 unspecified atom stereocenters. The minimum absolute atomic E-state index is 0.0539. The van der Waals surface area contributed by atoms with Crippen molar-refractivity contribution < 1.29 is 9.84 Å². The summed E-state index contributed by atoms with van der Waals surface area (Å²) in [5, 5.41) is 12.9. The van der Waals surface area contributed by atoms with Gasteiger partial charge in [-0.15, -0.1) is 0 Å². The van der Waals surface area contributed by atoms with Gasteiger partial charge in [0.25, 0.3) is 0 Å². The van der Waals surface area contributed by atoms with Gasteiger partial charge in [-0.2, -0.15) is 0 Å². The van der Waals surface area contributed by atoms with E-state index in [1.54, 1.807) is 67.0 Å². The highest BCUT2D eigenvalue weighted by Gasteiger charge is 2.35. The number of ether oxygens (including phenoxy) is 1. The zero-order valence-corrected chi connectivity index (χ0v) is 15.3. The number of pyridine rings is 1. The van der Waals surface area contributed by atoms with Crippen molar-refractivity contribution in [3.05, 3.63) is 93.2 Å². The van der Waals surface area contributed by atoms with E-state index in [2.05, 4.69) is 4.98 Å². The van der Waals surface area contributed by atoms with Crippen molar-refractivity contribution in [3.63, 3.8) is 0 Å². The predicted octanol–water partition coefficient (Wildman–Crippen LogP) is 5.36. The summed E-state index contributed by atoms with van der Waals surface area (Å²) in [5.41, 5.74) is -0.441. The van der Waals surface area contributed by atoms with Crippen LogP contribution in [0.3, 0.4) is 0 Å².